The smallest absolute Gasteiger partial charge is 0.250 e. The van der Waals surface area contributed by atoms with E-state index in [9.17, 15) is 0 Å². The number of methoxy groups -OCH3 is 3. The number of rotatable bonds is 6. The molecule has 5 nitrogen and oxygen atoms in total. The van der Waals surface area contributed by atoms with Crippen molar-refractivity contribution < 1.29 is 18.8 Å². The Labute approximate surface area is 164 Å². The lowest BCUT2D eigenvalue weighted by atomic mass is 10.1. The Morgan fingerprint density at radius 2 is 1.43 bits per heavy atom. The van der Waals surface area contributed by atoms with Gasteiger partial charge in [-0.3, -0.25) is 0 Å². The minimum atomic E-state index is 0.602. The molecule has 0 aliphatic rings. The second-order valence-corrected chi connectivity index (χ2v) is 6.47. The van der Waals surface area contributed by atoms with Crippen molar-refractivity contribution in [2.24, 2.45) is 0 Å². The summed E-state index contributed by atoms with van der Waals surface area (Å²) in [5, 5.41) is 0. The highest BCUT2D eigenvalue weighted by atomic mass is 16.5. The first kappa shape index (κ1) is 17.9. The molecule has 142 valence electrons. The first-order valence-corrected chi connectivity index (χ1v) is 9.09. The van der Waals surface area contributed by atoms with Gasteiger partial charge < -0.3 is 14.2 Å². The summed E-state index contributed by atoms with van der Waals surface area (Å²) in [6.07, 6.45) is 2.13. The van der Waals surface area contributed by atoms with Gasteiger partial charge in [0.25, 0.3) is 0 Å². The van der Waals surface area contributed by atoms with Crippen LogP contribution in [0.3, 0.4) is 0 Å². The van der Waals surface area contributed by atoms with E-state index in [1.807, 2.05) is 30.3 Å². The third-order valence-corrected chi connectivity index (χ3v) is 4.82. The molecule has 0 fully saturated rings. The predicted octanol–water partition coefficient (Wildman–Crippen LogP) is 3.99. The Kier molecular flexibility index (Phi) is 4.89. The van der Waals surface area contributed by atoms with Gasteiger partial charge in [0, 0.05) is 5.56 Å². The molecular formula is C23H23N2O3+. The van der Waals surface area contributed by atoms with Gasteiger partial charge in [-0.2, -0.15) is 4.57 Å². The lowest BCUT2D eigenvalue weighted by molar-refractivity contribution is -0.662. The third kappa shape index (κ3) is 3.16. The fourth-order valence-electron chi connectivity index (χ4n) is 3.52. The van der Waals surface area contributed by atoms with Crippen molar-refractivity contribution in [3.05, 3.63) is 78.6 Å². The van der Waals surface area contributed by atoms with E-state index >= 15 is 0 Å². The average molecular weight is 375 g/mol. The van der Waals surface area contributed by atoms with Gasteiger partial charge in [-0.05, 0) is 36.4 Å². The van der Waals surface area contributed by atoms with Crippen LogP contribution in [0.25, 0.3) is 16.7 Å². The Bertz CT molecular complexity index is 1080. The van der Waals surface area contributed by atoms with E-state index in [1.165, 1.54) is 0 Å². The normalized spacial score (nSPS) is 10.8. The maximum atomic E-state index is 5.50. The average Bonchev–Trinajstić information content (AvgIpc) is 3.12. The van der Waals surface area contributed by atoms with E-state index in [1.54, 1.807) is 21.3 Å². The van der Waals surface area contributed by atoms with Gasteiger partial charge in [0.2, 0.25) is 12.1 Å². The largest absolute Gasteiger partial charge is 0.493 e. The quantitative estimate of drug-likeness (QED) is 0.478. The number of fused-ring (bicyclic) bond motifs is 1. The maximum Gasteiger partial charge on any atom is 0.250 e. The van der Waals surface area contributed by atoms with Crippen LogP contribution in [0.1, 0.15) is 5.56 Å². The molecule has 4 aromatic rings. The molecule has 0 amide bonds. The highest BCUT2D eigenvalue weighted by Gasteiger charge is 2.19. The highest BCUT2D eigenvalue weighted by Crippen LogP contribution is 2.38. The first-order valence-electron chi connectivity index (χ1n) is 9.09. The minimum absolute atomic E-state index is 0.602. The van der Waals surface area contributed by atoms with Crippen molar-refractivity contribution in [1.82, 2.24) is 4.57 Å². The van der Waals surface area contributed by atoms with Crippen LogP contribution in [0, 0.1) is 0 Å². The van der Waals surface area contributed by atoms with E-state index in [-0.39, 0.29) is 0 Å². The Balaban J connectivity index is 1.81. The van der Waals surface area contributed by atoms with Crippen LogP contribution in [0.5, 0.6) is 17.2 Å². The molecule has 0 aliphatic carbocycles. The van der Waals surface area contributed by atoms with Gasteiger partial charge in [-0.25, -0.2) is 4.57 Å². The Hall–Kier alpha value is -3.47. The van der Waals surface area contributed by atoms with Crippen molar-refractivity contribution in [3.8, 4) is 22.9 Å². The molecule has 0 aliphatic heterocycles. The zero-order chi connectivity index (χ0) is 19.5. The molecule has 0 bridgehead atoms. The van der Waals surface area contributed by atoms with Crippen LogP contribution in [0.4, 0.5) is 0 Å². The van der Waals surface area contributed by atoms with Gasteiger partial charge in [-0.15, -0.1) is 0 Å². The zero-order valence-corrected chi connectivity index (χ0v) is 16.3. The van der Waals surface area contributed by atoms with Crippen LogP contribution in [0.15, 0.2) is 73.1 Å². The van der Waals surface area contributed by atoms with E-state index in [0.717, 1.165) is 22.3 Å². The number of hydrogen-bond donors (Lipinski definition) is 0. The minimum Gasteiger partial charge on any atom is -0.493 e. The van der Waals surface area contributed by atoms with Crippen molar-refractivity contribution in [2.75, 3.05) is 21.3 Å². The first-order chi connectivity index (χ1) is 13.7. The standard InChI is InChI=1S/C23H23N2O3/c1-26-21-13-17(14-22(27-2)23(21)28-3)15-24-16-25(18-9-5-4-6-10-18)20-12-8-7-11-19(20)24/h4-14,16H,15H2,1-3H3/q+1. The van der Waals surface area contributed by atoms with Crippen LogP contribution in [0.2, 0.25) is 0 Å². The molecule has 3 aromatic carbocycles. The Morgan fingerprint density at radius 1 is 0.786 bits per heavy atom. The lowest BCUT2D eigenvalue weighted by Gasteiger charge is -2.13. The zero-order valence-electron chi connectivity index (χ0n) is 16.3. The van der Waals surface area contributed by atoms with Gasteiger partial charge in [-0.1, -0.05) is 30.3 Å². The number of para-hydroxylation sites is 3. The molecule has 0 unspecified atom stereocenters. The molecule has 4 rings (SSSR count). The fraction of sp³-hybridized carbons (Fsp3) is 0.174. The third-order valence-electron chi connectivity index (χ3n) is 4.82. The van der Waals surface area contributed by atoms with Crippen molar-refractivity contribution in [1.29, 1.82) is 0 Å². The van der Waals surface area contributed by atoms with Crippen LogP contribution < -0.4 is 18.8 Å². The van der Waals surface area contributed by atoms with Crippen molar-refractivity contribution >= 4 is 11.0 Å². The molecule has 0 atom stereocenters. The van der Waals surface area contributed by atoms with E-state index in [4.69, 9.17) is 14.2 Å². The monoisotopic (exact) mass is 375 g/mol. The number of ether oxygens (including phenoxy) is 3. The number of imidazole rings is 1. The molecule has 28 heavy (non-hydrogen) atoms. The number of aromatic nitrogens is 2. The van der Waals surface area contributed by atoms with Gasteiger partial charge >= 0.3 is 0 Å². The van der Waals surface area contributed by atoms with Crippen molar-refractivity contribution in [3.63, 3.8) is 0 Å². The molecule has 1 heterocycles. The summed E-state index contributed by atoms with van der Waals surface area (Å²) in [5.74, 6) is 1.92. The number of hydrogen-bond acceptors (Lipinski definition) is 3. The summed E-state index contributed by atoms with van der Waals surface area (Å²) < 4.78 is 20.9. The van der Waals surface area contributed by atoms with Gasteiger partial charge in [0.15, 0.2) is 22.5 Å². The topological polar surface area (TPSA) is 36.5 Å². The molecule has 1 aromatic heterocycles. The van der Waals surface area contributed by atoms with Crippen molar-refractivity contribution in [2.45, 2.75) is 6.54 Å². The second kappa shape index (κ2) is 7.64. The predicted molar refractivity (Wildman–Crippen MR) is 109 cm³/mol. The SMILES string of the molecule is COc1cc(C[n+]2cn(-c3ccccc3)c3ccccc32)cc(OC)c1OC. The summed E-state index contributed by atoms with van der Waals surface area (Å²) in [5.41, 5.74) is 4.50. The highest BCUT2D eigenvalue weighted by molar-refractivity contribution is 5.74. The summed E-state index contributed by atoms with van der Waals surface area (Å²) in [7, 11) is 4.88. The van der Waals surface area contributed by atoms with Crippen LogP contribution in [-0.2, 0) is 6.54 Å². The molecule has 0 saturated heterocycles. The second-order valence-electron chi connectivity index (χ2n) is 6.47. The maximum absolute atomic E-state index is 5.50. The molecule has 5 heteroatoms. The van der Waals surface area contributed by atoms with E-state index in [0.29, 0.717) is 23.8 Å². The molecule has 0 spiro atoms. The van der Waals surface area contributed by atoms with Gasteiger partial charge in [0.05, 0.1) is 21.3 Å². The summed E-state index contributed by atoms with van der Waals surface area (Å²) in [6.45, 7) is 0.678. The number of nitrogens with zero attached hydrogens (tertiary/aromatic N) is 2. The van der Waals surface area contributed by atoms with Crippen LogP contribution in [-0.4, -0.2) is 25.9 Å². The molecular weight excluding hydrogens is 352 g/mol. The summed E-state index contributed by atoms with van der Waals surface area (Å²) >= 11 is 0. The summed E-state index contributed by atoms with van der Waals surface area (Å²) in [4.78, 5) is 0. The number of benzene rings is 3. The fourth-order valence-corrected chi connectivity index (χ4v) is 3.52. The van der Waals surface area contributed by atoms with E-state index < -0.39 is 0 Å². The Morgan fingerprint density at radius 3 is 2.07 bits per heavy atom. The molecule has 0 saturated carbocycles. The molecule has 0 radical (unpaired) electrons. The van der Waals surface area contributed by atoms with Gasteiger partial charge in [0.1, 0.15) is 12.2 Å². The van der Waals surface area contributed by atoms with Crippen LogP contribution >= 0.6 is 0 Å². The molecule has 0 N–H and O–H groups in total. The summed E-state index contributed by atoms with van der Waals surface area (Å²) in [6, 6.07) is 22.7. The lowest BCUT2D eigenvalue weighted by Crippen LogP contribution is -2.32. The van der Waals surface area contributed by atoms with E-state index in [2.05, 4.69) is 51.9 Å².